The van der Waals surface area contributed by atoms with Crippen LogP contribution in [0.15, 0.2) is 0 Å². The maximum atomic E-state index is 12.2. The first-order valence-electron chi connectivity index (χ1n) is 7.05. The smallest absolute Gasteiger partial charge is 0.226 e. The highest BCUT2D eigenvalue weighted by atomic mass is 16.3. The monoisotopic (exact) mass is 239 g/mol. The first-order chi connectivity index (χ1) is 8.04. The molecule has 0 aromatic rings. The van der Waals surface area contributed by atoms with Crippen LogP contribution in [0.3, 0.4) is 0 Å². The summed E-state index contributed by atoms with van der Waals surface area (Å²) in [5.74, 6) is 0.153. The number of aliphatic hydroxyl groups is 1. The van der Waals surface area contributed by atoms with Gasteiger partial charge in [0.15, 0.2) is 0 Å². The van der Waals surface area contributed by atoms with E-state index in [1.807, 2.05) is 0 Å². The molecule has 0 bridgehead atoms. The molecule has 3 nitrogen and oxygen atoms in total. The molecule has 0 radical (unpaired) electrons. The first kappa shape index (κ1) is 12.9. The molecule has 17 heavy (non-hydrogen) atoms. The molecule has 0 saturated heterocycles. The molecule has 1 amide bonds. The summed E-state index contributed by atoms with van der Waals surface area (Å²) in [7, 11) is 0. The predicted molar refractivity (Wildman–Crippen MR) is 67.6 cm³/mol. The van der Waals surface area contributed by atoms with Crippen molar-refractivity contribution in [2.24, 2.45) is 5.41 Å². The zero-order valence-electron chi connectivity index (χ0n) is 10.9. The van der Waals surface area contributed by atoms with Gasteiger partial charge in [0.25, 0.3) is 0 Å². The molecule has 2 saturated carbocycles. The quantitative estimate of drug-likeness (QED) is 0.743. The van der Waals surface area contributed by atoms with Crippen LogP contribution >= 0.6 is 0 Å². The number of rotatable bonds is 3. The Bertz CT molecular complexity index is 276. The third-order valence-corrected chi connectivity index (χ3v) is 4.62. The standard InChI is InChI=1S/C14H25NO2/c1-13(7-4-2-3-5-8-13)12(16)15-11-14(17)9-6-10-14/h17H,2-11H2,1H3,(H,15,16). The van der Waals surface area contributed by atoms with Gasteiger partial charge in [0.1, 0.15) is 0 Å². The zero-order chi connectivity index (χ0) is 12.4. The normalized spacial score (nSPS) is 26.7. The highest BCUT2D eigenvalue weighted by Crippen LogP contribution is 2.35. The van der Waals surface area contributed by atoms with Gasteiger partial charge in [0, 0.05) is 12.0 Å². The number of hydrogen-bond donors (Lipinski definition) is 2. The van der Waals surface area contributed by atoms with Crippen LogP contribution in [0.5, 0.6) is 0 Å². The van der Waals surface area contributed by atoms with Crippen molar-refractivity contribution >= 4 is 5.91 Å². The lowest BCUT2D eigenvalue weighted by Crippen LogP contribution is -2.50. The van der Waals surface area contributed by atoms with Crippen molar-refractivity contribution < 1.29 is 9.90 Å². The Morgan fingerprint density at radius 2 is 1.65 bits per heavy atom. The third-order valence-electron chi connectivity index (χ3n) is 4.62. The first-order valence-corrected chi connectivity index (χ1v) is 7.05. The number of carbonyl (C=O) groups excluding carboxylic acids is 1. The molecule has 0 unspecified atom stereocenters. The fourth-order valence-corrected chi connectivity index (χ4v) is 2.96. The van der Waals surface area contributed by atoms with Crippen molar-refractivity contribution in [1.82, 2.24) is 5.32 Å². The minimum Gasteiger partial charge on any atom is -0.388 e. The van der Waals surface area contributed by atoms with Gasteiger partial charge in [-0.15, -0.1) is 0 Å². The van der Waals surface area contributed by atoms with Crippen molar-refractivity contribution in [3.63, 3.8) is 0 Å². The molecular weight excluding hydrogens is 214 g/mol. The number of nitrogens with one attached hydrogen (secondary N) is 1. The fraction of sp³-hybridized carbons (Fsp3) is 0.929. The molecule has 98 valence electrons. The Morgan fingerprint density at radius 1 is 1.06 bits per heavy atom. The predicted octanol–water partition coefficient (Wildman–Crippen LogP) is 2.38. The zero-order valence-corrected chi connectivity index (χ0v) is 10.9. The summed E-state index contributed by atoms with van der Waals surface area (Å²) in [4.78, 5) is 12.2. The molecule has 0 aromatic carbocycles. The molecule has 2 fully saturated rings. The lowest BCUT2D eigenvalue weighted by atomic mass is 9.78. The Morgan fingerprint density at radius 3 is 2.12 bits per heavy atom. The van der Waals surface area contributed by atoms with Gasteiger partial charge in [-0.25, -0.2) is 0 Å². The summed E-state index contributed by atoms with van der Waals surface area (Å²) in [6.45, 7) is 2.53. The Labute approximate surface area is 104 Å². The van der Waals surface area contributed by atoms with Crippen LogP contribution in [-0.4, -0.2) is 23.2 Å². The largest absolute Gasteiger partial charge is 0.388 e. The molecule has 2 aliphatic carbocycles. The average molecular weight is 239 g/mol. The van der Waals surface area contributed by atoms with Gasteiger partial charge >= 0.3 is 0 Å². The van der Waals surface area contributed by atoms with E-state index in [-0.39, 0.29) is 11.3 Å². The number of hydrogen-bond acceptors (Lipinski definition) is 2. The van der Waals surface area contributed by atoms with Gasteiger partial charge < -0.3 is 10.4 Å². The van der Waals surface area contributed by atoms with Crippen molar-refractivity contribution in [3.05, 3.63) is 0 Å². The fourth-order valence-electron chi connectivity index (χ4n) is 2.96. The summed E-state index contributed by atoms with van der Waals surface area (Å²) in [6.07, 6.45) is 9.59. The lowest BCUT2D eigenvalue weighted by Gasteiger charge is -2.38. The second-order valence-electron chi connectivity index (χ2n) is 6.24. The summed E-state index contributed by atoms with van der Waals surface area (Å²) in [5.41, 5.74) is -0.798. The van der Waals surface area contributed by atoms with Gasteiger partial charge in [0.2, 0.25) is 5.91 Å². The van der Waals surface area contributed by atoms with E-state index in [1.165, 1.54) is 12.8 Å². The van der Waals surface area contributed by atoms with Crippen molar-refractivity contribution in [2.45, 2.75) is 70.3 Å². The van der Waals surface area contributed by atoms with Crippen molar-refractivity contribution in [2.75, 3.05) is 6.54 Å². The maximum absolute atomic E-state index is 12.2. The maximum Gasteiger partial charge on any atom is 0.226 e. The number of carbonyl (C=O) groups is 1. The van der Waals surface area contributed by atoms with Gasteiger partial charge in [0.05, 0.1) is 5.60 Å². The van der Waals surface area contributed by atoms with E-state index in [9.17, 15) is 9.90 Å². The SMILES string of the molecule is CC1(C(=O)NCC2(O)CCC2)CCCCCC1. The highest BCUT2D eigenvalue weighted by Gasteiger charge is 2.38. The second kappa shape index (κ2) is 4.97. The molecule has 0 aliphatic heterocycles. The Balaban J connectivity index is 1.84. The molecule has 2 rings (SSSR count). The minimum absolute atomic E-state index is 0.153. The van der Waals surface area contributed by atoms with E-state index in [2.05, 4.69) is 12.2 Å². The second-order valence-corrected chi connectivity index (χ2v) is 6.24. The average Bonchev–Trinajstić information content (AvgIpc) is 2.49. The van der Waals surface area contributed by atoms with Crippen LogP contribution in [0.25, 0.3) is 0 Å². The van der Waals surface area contributed by atoms with Crippen LogP contribution in [0, 0.1) is 5.41 Å². The van der Waals surface area contributed by atoms with Gasteiger partial charge in [-0.2, -0.15) is 0 Å². The van der Waals surface area contributed by atoms with E-state index in [1.54, 1.807) is 0 Å². The van der Waals surface area contributed by atoms with E-state index in [4.69, 9.17) is 0 Å². The van der Waals surface area contributed by atoms with Gasteiger partial charge in [-0.3, -0.25) is 4.79 Å². The van der Waals surface area contributed by atoms with Crippen molar-refractivity contribution in [1.29, 1.82) is 0 Å². The van der Waals surface area contributed by atoms with E-state index < -0.39 is 5.60 Å². The van der Waals surface area contributed by atoms with Gasteiger partial charge in [-0.05, 0) is 32.1 Å². The van der Waals surface area contributed by atoms with Crippen LogP contribution < -0.4 is 5.32 Å². The molecule has 0 aromatic heterocycles. The third kappa shape index (κ3) is 3.01. The van der Waals surface area contributed by atoms with E-state index >= 15 is 0 Å². The van der Waals surface area contributed by atoms with Crippen LogP contribution in [0.1, 0.15) is 64.7 Å². The minimum atomic E-state index is -0.600. The summed E-state index contributed by atoms with van der Waals surface area (Å²) in [6, 6.07) is 0. The summed E-state index contributed by atoms with van der Waals surface area (Å²) in [5, 5.41) is 13.0. The lowest BCUT2D eigenvalue weighted by molar-refractivity contribution is -0.133. The highest BCUT2D eigenvalue weighted by molar-refractivity contribution is 5.82. The Kier molecular flexibility index (Phi) is 3.76. The molecule has 2 N–H and O–H groups in total. The molecule has 0 heterocycles. The van der Waals surface area contributed by atoms with E-state index in [0.29, 0.717) is 6.54 Å². The molecular formula is C14H25NO2. The number of amides is 1. The Hall–Kier alpha value is -0.570. The van der Waals surface area contributed by atoms with Crippen LogP contribution in [-0.2, 0) is 4.79 Å². The molecule has 0 spiro atoms. The summed E-state index contributed by atoms with van der Waals surface area (Å²) >= 11 is 0. The summed E-state index contributed by atoms with van der Waals surface area (Å²) < 4.78 is 0. The molecule has 0 atom stereocenters. The van der Waals surface area contributed by atoms with E-state index in [0.717, 1.165) is 44.9 Å². The van der Waals surface area contributed by atoms with Crippen LogP contribution in [0.4, 0.5) is 0 Å². The molecule has 3 heteroatoms. The van der Waals surface area contributed by atoms with Crippen molar-refractivity contribution in [3.8, 4) is 0 Å². The van der Waals surface area contributed by atoms with Gasteiger partial charge in [-0.1, -0.05) is 32.6 Å². The topological polar surface area (TPSA) is 49.3 Å². The molecule has 2 aliphatic rings. The van der Waals surface area contributed by atoms with Crippen LogP contribution in [0.2, 0.25) is 0 Å².